The van der Waals surface area contributed by atoms with E-state index in [2.05, 4.69) is 76.0 Å². The molecule has 2 N–H and O–H groups in total. The third-order valence-electron chi connectivity index (χ3n) is 9.68. The molecule has 0 aromatic carbocycles. The largest absolute Gasteiger partial charge is 0.346 e. The molecule has 5 aromatic rings. The highest BCUT2D eigenvalue weighted by Gasteiger charge is 2.68. The van der Waals surface area contributed by atoms with Gasteiger partial charge in [0.2, 0.25) is 0 Å². The number of likely N-dealkylation sites (tertiary alicyclic amines) is 1. The third-order valence-corrected chi connectivity index (χ3v) is 11.0. The van der Waals surface area contributed by atoms with E-state index in [0.29, 0.717) is 11.8 Å². The number of nitrogens with zero attached hydrogens (tertiary/aromatic N) is 6. The highest BCUT2D eigenvalue weighted by Crippen LogP contribution is 2.68. The zero-order chi connectivity index (χ0) is 25.2. The van der Waals surface area contributed by atoms with E-state index in [0.717, 1.165) is 41.8 Å². The monoisotopic (exact) mass is 512 g/mol. The predicted octanol–water partition coefficient (Wildman–Crippen LogP) is 5.34. The quantitative estimate of drug-likeness (QED) is 0.332. The average molecular weight is 513 g/mol. The van der Waals surface area contributed by atoms with Crippen molar-refractivity contribution in [3.8, 4) is 11.3 Å². The summed E-state index contributed by atoms with van der Waals surface area (Å²) in [6.07, 6.45) is 6.75. The first-order valence-corrected chi connectivity index (χ1v) is 14.3. The molecule has 8 nitrogen and oxygen atoms in total. The van der Waals surface area contributed by atoms with E-state index >= 15 is 0 Å². The van der Waals surface area contributed by atoms with Crippen molar-refractivity contribution in [2.24, 2.45) is 17.8 Å². The number of hydrogen-bond acceptors (Lipinski definition) is 6. The van der Waals surface area contributed by atoms with Crippen LogP contribution in [0.15, 0.2) is 18.9 Å². The number of hydrogen-bond donors (Lipinski definition) is 2. The SMILES string of the molecule is Cc1c(-c2[nH]c3sc([C@@H]4CC5C6C4CN(Cc4ncn[nH]4)C56)c(C)c3c2C(C)C)cn2ncnc2c1C. The van der Waals surface area contributed by atoms with Crippen molar-refractivity contribution >= 4 is 27.2 Å². The van der Waals surface area contributed by atoms with Crippen LogP contribution in [0.5, 0.6) is 0 Å². The van der Waals surface area contributed by atoms with Crippen LogP contribution in [0.3, 0.4) is 0 Å². The van der Waals surface area contributed by atoms with Gasteiger partial charge in [-0.05, 0) is 79.0 Å². The standard InChI is InChI=1S/C28H32N8S/c1-12(2)21-22-15(5)26(16-6-17-23-19(16)7-35(25(17)23)9-20-29-10-31-34-20)37-28(22)33-24(21)18-8-36-27(30-11-32-36)14(4)13(18)3/h8,10-12,16-17,19,23,25,33H,6-7,9H2,1-5H3,(H,29,31,34)/t16-,17?,19?,23?,25?/m1/s1. The summed E-state index contributed by atoms with van der Waals surface area (Å²) in [6.45, 7) is 13.5. The van der Waals surface area contributed by atoms with Crippen molar-refractivity contribution in [1.82, 2.24) is 39.7 Å². The second kappa shape index (κ2) is 7.51. The first kappa shape index (κ1) is 22.0. The lowest BCUT2D eigenvalue weighted by molar-refractivity contribution is 0.260. The highest BCUT2D eigenvalue weighted by molar-refractivity contribution is 7.19. The topological polar surface area (TPSA) is 90.8 Å². The van der Waals surface area contributed by atoms with Crippen molar-refractivity contribution < 1.29 is 0 Å². The van der Waals surface area contributed by atoms with Gasteiger partial charge >= 0.3 is 0 Å². The molecule has 190 valence electrons. The number of nitrogens with one attached hydrogen (secondary N) is 2. The van der Waals surface area contributed by atoms with Gasteiger partial charge in [-0.1, -0.05) is 13.8 Å². The Hall–Kier alpha value is -3.04. The summed E-state index contributed by atoms with van der Waals surface area (Å²) in [5.41, 5.74) is 8.82. The Morgan fingerprint density at radius 1 is 1.08 bits per heavy atom. The number of aryl methyl sites for hydroxylation is 2. The van der Waals surface area contributed by atoms with Gasteiger partial charge in [-0.3, -0.25) is 10.00 Å². The zero-order valence-corrected chi connectivity index (χ0v) is 22.7. The summed E-state index contributed by atoms with van der Waals surface area (Å²) in [5.74, 6) is 4.57. The number of H-pyrrole nitrogens is 2. The van der Waals surface area contributed by atoms with Gasteiger partial charge in [-0.2, -0.15) is 10.2 Å². The summed E-state index contributed by atoms with van der Waals surface area (Å²) < 4.78 is 1.92. The molecule has 0 amide bonds. The number of pyridine rings is 1. The van der Waals surface area contributed by atoms with E-state index < -0.39 is 0 Å². The molecule has 1 aliphatic heterocycles. The Balaban J connectivity index is 1.18. The van der Waals surface area contributed by atoms with Gasteiger partial charge in [0.05, 0.1) is 12.2 Å². The van der Waals surface area contributed by atoms with Crippen molar-refractivity contribution in [1.29, 1.82) is 0 Å². The van der Waals surface area contributed by atoms with Crippen LogP contribution < -0.4 is 0 Å². The van der Waals surface area contributed by atoms with Crippen molar-refractivity contribution in [3.63, 3.8) is 0 Å². The van der Waals surface area contributed by atoms with E-state index in [9.17, 15) is 0 Å². The van der Waals surface area contributed by atoms with Crippen LogP contribution in [-0.2, 0) is 6.54 Å². The summed E-state index contributed by atoms with van der Waals surface area (Å²) >= 11 is 2.01. The molecule has 0 spiro atoms. The Kier molecular flexibility index (Phi) is 4.46. The number of aromatic nitrogens is 7. The van der Waals surface area contributed by atoms with Crippen molar-refractivity contribution in [2.75, 3.05) is 6.54 Å². The summed E-state index contributed by atoms with van der Waals surface area (Å²) in [5, 5.41) is 13.0. The van der Waals surface area contributed by atoms with E-state index in [1.54, 1.807) is 17.5 Å². The zero-order valence-electron chi connectivity index (χ0n) is 21.9. The van der Waals surface area contributed by atoms with Crippen LogP contribution in [-0.4, -0.2) is 52.2 Å². The summed E-state index contributed by atoms with van der Waals surface area (Å²) in [6, 6.07) is 0.757. The van der Waals surface area contributed by atoms with E-state index in [-0.39, 0.29) is 0 Å². The lowest BCUT2D eigenvalue weighted by atomic mass is 9.88. The molecule has 5 atom stereocenters. The maximum atomic E-state index is 4.46. The Morgan fingerprint density at radius 3 is 2.70 bits per heavy atom. The highest BCUT2D eigenvalue weighted by atomic mass is 32.1. The molecular weight excluding hydrogens is 480 g/mol. The molecule has 3 fully saturated rings. The molecule has 6 heterocycles. The van der Waals surface area contributed by atoms with Crippen molar-refractivity contribution in [2.45, 2.75) is 65.5 Å². The minimum Gasteiger partial charge on any atom is -0.346 e. The van der Waals surface area contributed by atoms with Crippen LogP contribution in [0.2, 0.25) is 0 Å². The fraction of sp³-hybridized carbons (Fsp3) is 0.500. The maximum Gasteiger partial charge on any atom is 0.158 e. The van der Waals surface area contributed by atoms with Crippen LogP contribution >= 0.6 is 11.3 Å². The number of fused-ring (bicyclic) bond motifs is 3. The van der Waals surface area contributed by atoms with Crippen LogP contribution in [0.1, 0.15) is 65.1 Å². The van der Waals surface area contributed by atoms with Gasteiger partial charge in [0.15, 0.2) is 5.65 Å². The maximum absolute atomic E-state index is 4.46. The predicted molar refractivity (Wildman–Crippen MR) is 145 cm³/mol. The van der Waals surface area contributed by atoms with Crippen LogP contribution in [0, 0.1) is 38.5 Å². The number of aromatic amines is 2. The fourth-order valence-electron chi connectivity index (χ4n) is 7.96. The Bertz CT molecular complexity index is 1670. The van der Waals surface area contributed by atoms with Gasteiger partial charge in [-0.15, -0.1) is 11.3 Å². The first-order chi connectivity index (χ1) is 17.9. The van der Waals surface area contributed by atoms with Gasteiger partial charge in [-0.25, -0.2) is 14.5 Å². The molecule has 5 aromatic heterocycles. The number of thiophene rings is 1. The van der Waals surface area contributed by atoms with E-state index in [1.807, 2.05) is 15.9 Å². The van der Waals surface area contributed by atoms with Gasteiger partial charge in [0.25, 0.3) is 0 Å². The third kappa shape index (κ3) is 2.92. The lowest BCUT2D eigenvalue weighted by Gasteiger charge is -2.20. The molecule has 2 saturated carbocycles. The molecule has 4 unspecified atom stereocenters. The van der Waals surface area contributed by atoms with Crippen LogP contribution in [0.25, 0.3) is 27.1 Å². The second-order valence-corrected chi connectivity index (χ2v) is 12.8. The molecular formula is C28H32N8S. The summed E-state index contributed by atoms with van der Waals surface area (Å²) in [7, 11) is 0. The minimum absolute atomic E-state index is 0.418. The summed E-state index contributed by atoms with van der Waals surface area (Å²) in [4.78, 5) is 18.4. The normalized spacial score (nSPS) is 26.8. The Labute approximate surface area is 219 Å². The van der Waals surface area contributed by atoms with Crippen molar-refractivity contribution in [3.05, 3.63) is 51.8 Å². The van der Waals surface area contributed by atoms with Gasteiger partial charge < -0.3 is 4.98 Å². The molecule has 9 heteroatoms. The molecule has 0 radical (unpaired) electrons. The van der Waals surface area contributed by atoms with E-state index in [1.165, 1.54) is 56.7 Å². The molecule has 0 bridgehead atoms. The van der Waals surface area contributed by atoms with Crippen LogP contribution in [0.4, 0.5) is 0 Å². The second-order valence-electron chi connectivity index (χ2n) is 11.8. The van der Waals surface area contributed by atoms with E-state index in [4.69, 9.17) is 0 Å². The first-order valence-electron chi connectivity index (χ1n) is 13.5. The molecule has 8 rings (SSSR count). The number of rotatable bonds is 5. The Morgan fingerprint density at radius 2 is 1.95 bits per heavy atom. The minimum atomic E-state index is 0.418. The molecule has 3 aliphatic rings. The molecule has 37 heavy (non-hydrogen) atoms. The fourth-order valence-corrected chi connectivity index (χ4v) is 9.37. The van der Waals surface area contributed by atoms with Gasteiger partial charge in [0.1, 0.15) is 23.3 Å². The molecule has 2 aliphatic carbocycles. The smallest absolute Gasteiger partial charge is 0.158 e. The lowest BCUT2D eigenvalue weighted by Crippen LogP contribution is -2.26. The van der Waals surface area contributed by atoms with Gasteiger partial charge in [0, 0.05) is 34.6 Å². The molecule has 1 saturated heterocycles. The number of piperidine rings is 1. The average Bonchev–Trinajstić information content (AvgIpc) is 3.54.